The van der Waals surface area contributed by atoms with E-state index < -0.39 is 0 Å². The first-order valence-electron chi connectivity index (χ1n) is 10.0. The Hall–Kier alpha value is -1.92. The normalized spacial score (nSPS) is 22.4. The maximum absolute atomic E-state index is 6.31. The molecule has 1 atom stereocenters. The third-order valence-electron chi connectivity index (χ3n) is 6.14. The monoisotopic (exact) mass is 370 g/mol. The second-order valence-corrected chi connectivity index (χ2v) is 7.88. The molecule has 0 bridgehead atoms. The summed E-state index contributed by atoms with van der Waals surface area (Å²) >= 11 is 0. The van der Waals surface area contributed by atoms with Crippen molar-refractivity contribution in [3.8, 4) is 5.88 Å². The number of hydrogen-bond acceptors (Lipinski definition) is 5. The molecule has 4 heterocycles. The average Bonchev–Trinajstić information content (AvgIpc) is 3.21. The lowest BCUT2D eigenvalue weighted by Gasteiger charge is -2.42. The van der Waals surface area contributed by atoms with Crippen molar-refractivity contribution >= 4 is 0 Å². The highest BCUT2D eigenvalue weighted by atomic mass is 16.5. The van der Waals surface area contributed by atoms with E-state index in [1.807, 2.05) is 29.9 Å². The van der Waals surface area contributed by atoms with Crippen molar-refractivity contribution in [1.82, 2.24) is 19.7 Å². The lowest BCUT2D eigenvalue weighted by atomic mass is 9.78. The first kappa shape index (κ1) is 18.4. The van der Waals surface area contributed by atoms with E-state index in [4.69, 9.17) is 9.47 Å². The van der Waals surface area contributed by atoms with Gasteiger partial charge in [-0.1, -0.05) is 6.07 Å². The van der Waals surface area contributed by atoms with Gasteiger partial charge < -0.3 is 9.47 Å². The fourth-order valence-corrected chi connectivity index (χ4v) is 4.61. The van der Waals surface area contributed by atoms with E-state index >= 15 is 0 Å². The van der Waals surface area contributed by atoms with E-state index in [9.17, 15) is 0 Å². The molecular formula is C21H30N4O2. The molecule has 146 valence electrons. The van der Waals surface area contributed by atoms with Gasteiger partial charge >= 0.3 is 0 Å². The fraction of sp³-hybridized carbons (Fsp3) is 0.619. The van der Waals surface area contributed by atoms with Gasteiger partial charge in [0.05, 0.1) is 23.6 Å². The van der Waals surface area contributed by atoms with Crippen LogP contribution >= 0.6 is 0 Å². The zero-order chi connectivity index (χ0) is 18.7. The first-order chi connectivity index (χ1) is 13.1. The van der Waals surface area contributed by atoms with Gasteiger partial charge in [-0.2, -0.15) is 5.10 Å². The third kappa shape index (κ3) is 4.17. The Bertz CT molecular complexity index is 738. The molecule has 6 heteroatoms. The van der Waals surface area contributed by atoms with Gasteiger partial charge in [-0.15, -0.1) is 0 Å². The maximum atomic E-state index is 6.31. The highest BCUT2D eigenvalue weighted by Crippen LogP contribution is 2.42. The molecule has 6 nitrogen and oxygen atoms in total. The molecule has 2 aliphatic rings. The Balaban J connectivity index is 1.29. The zero-order valence-corrected chi connectivity index (χ0v) is 16.4. The second kappa shape index (κ2) is 7.98. The number of aryl methyl sites for hydroxylation is 2. The van der Waals surface area contributed by atoms with Crippen LogP contribution in [0.1, 0.15) is 37.1 Å². The highest BCUT2D eigenvalue weighted by Gasteiger charge is 2.45. The summed E-state index contributed by atoms with van der Waals surface area (Å²) < 4.78 is 14.1. The highest BCUT2D eigenvalue weighted by molar-refractivity contribution is 5.10. The van der Waals surface area contributed by atoms with Crippen LogP contribution in [0.2, 0.25) is 0 Å². The van der Waals surface area contributed by atoms with Crippen molar-refractivity contribution in [2.75, 3.05) is 26.3 Å². The van der Waals surface area contributed by atoms with Crippen molar-refractivity contribution < 1.29 is 9.47 Å². The number of pyridine rings is 1. The fourth-order valence-electron chi connectivity index (χ4n) is 4.61. The van der Waals surface area contributed by atoms with E-state index in [0.29, 0.717) is 18.4 Å². The van der Waals surface area contributed by atoms with Crippen LogP contribution in [0.4, 0.5) is 0 Å². The summed E-state index contributed by atoms with van der Waals surface area (Å²) in [7, 11) is 2.03. The van der Waals surface area contributed by atoms with Crippen LogP contribution in [-0.4, -0.2) is 51.6 Å². The molecule has 0 N–H and O–H groups in total. The molecule has 2 saturated heterocycles. The Morgan fingerprint density at radius 1 is 1.30 bits per heavy atom. The van der Waals surface area contributed by atoms with E-state index in [2.05, 4.69) is 28.0 Å². The summed E-state index contributed by atoms with van der Waals surface area (Å²) in [5.41, 5.74) is 2.43. The minimum absolute atomic E-state index is 0.0480. The van der Waals surface area contributed by atoms with Crippen molar-refractivity contribution in [3.63, 3.8) is 0 Å². The summed E-state index contributed by atoms with van der Waals surface area (Å²) in [6, 6.07) is 7.98. The van der Waals surface area contributed by atoms with Gasteiger partial charge in [-0.25, -0.2) is 4.98 Å². The summed E-state index contributed by atoms with van der Waals surface area (Å²) in [5.74, 6) is 1.30. The number of hydrogen-bond donors (Lipinski definition) is 0. The van der Waals surface area contributed by atoms with Crippen molar-refractivity contribution in [3.05, 3.63) is 41.9 Å². The molecule has 0 amide bonds. The van der Waals surface area contributed by atoms with Gasteiger partial charge in [0.15, 0.2) is 0 Å². The predicted octanol–water partition coefficient (Wildman–Crippen LogP) is 2.96. The molecule has 27 heavy (non-hydrogen) atoms. The predicted molar refractivity (Wildman–Crippen MR) is 104 cm³/mol. The standard InChI is InChI=1S/C21H30N4O2/c1-17-15-19(24(2)23-17)16-25-11-8-21(9-12-25)18(7-14-27-21)6-13-26-20-5-3-4-10-22-20/h3-5,10,15,18H,6-9,11-14,16H2,1-2H3/t18-/m0/s1. The summed E-state index contributed by atoms with van der Waals surface area (Å²) in [4.78, 5) is 6.77. The van der Waals surface area contributed by atoms with Crippen LogP contribution in [-0.2, 0) is 18.3 Å². The molecule has 2 aromatic heterocycles. The van der Waals surface area contributed by atoms with E-state index in [1.165, 1.54) is 5.69 Å². The van der Waals surface area contributed by atoms with Crippen LogP contribution < -0.4 is 4.74 Å². The van der Waals surface area contributed by atoms with Crippen molar-refractivity contribution in [2.45, 2.75) is 44.8 Å². The van der Waals surface area contributed by atoms with Gasteiger partial charge in [-0.3, -0.25) is 9.58 Å². The summed E-state index contributed by atoms with van der Waals surface area (Å²) in [6.45, 7) is 6.79. The van der Waals surface area contributed by atoms with Crippen LogP contribution in [0.15, 0.2) is 30.5 Å². The molecular weight excluding hydrogens is 340 g/mol. The zero-order valence-electron chi connectivity index (χ0n) is 16.4. The van der Waals surface area contributed by atoms with Crippen LogP contribution in [0.25, 0.3) is 0 Å². The SMILES string of the molecule is Cc1cc(CN2CCC3(CC2)OCC[C@@H]3CCOc2ccccn2)n(C)n1. The Morgan fingerprint density at radius 2 is 2.15 bits per heavy atom. The Morgan fingerprint density at radius 3 is 2.85 bits per heavy atom. The van der Waals surface area contributed by atoms with Gasteiger partial charge in [0.25, 0.3) is 0 Å². The maximum Gasteiger partial charge on any atom is 0.213 e. The topological polar surface area (TPSA) is 52.4 Å². The summed E-state index contributed by atoms with van der Waals surface area (Å²) in [5, 5.41) is 4.46. The Labute approximate surface area is 161 Å². The Kier molecular flexibility index (Phi) is 5.45. The average molecular weight is 370 g/mol. The molecule has 0 radical (unpaired) electrons. The number of nitrogens with zero attached hydrogens (tertiary/aromatic N) is 4. The van der Waals surface area contributed by atoms with Gasteiger partial charge in [0.1, 0.15) is 0 Å². The molecule has 4 rings (SSSR count). The van der Waals surface area contributed by atoms with Crippen LogP contribution in [0.5, 0.6) is 5.88 Å². The molecule has 2 aliphatic heterocycles. The lowest BCUT2D eigenvalue weighted by Crippen LogP contribution is -2.47. The molecule has 2 aromatic rings. The lowest BCUT2D eigenvalue weighted by molar-refractivity contribution is -0.0711. The van der Waals surface area contributed by atoms with E-state index in [0.717, 1.165) is 57.6 Å². The van der Waals surface area contributed by atoms with Gasteiger partial charge in [0, 0.05) is 45.6 Å². The molecule has 1 spiro atoms. The summed E-state index contributed by atoms with van der Waals surface area (Å²) in [6.07, 6.45) is 6.18. The quantitative estimate of drug-likeness (QED) is 0.782. The third-order valence-corrected chi connectivity index (χ3v) is 6.14. The van der Waals surface area contributed by atoms with Crippen molar-refractivity contribution in [2.24, 2.45) is 13.0 Å². The van der Waals surface area contributed by atoms with E-state index in [-0.39, 0.29) is 5.60 Å². The van der Waals surface area contributed by atoms with Crippen molar-refractivity contribution in [1.29, 1.82) is 0 Å². The largest absolute Gasteiger partial charge is 0.478 e. The minimum atomic E-state index is 0.0480. The number of aromatic nitrogens is 3. The molecule has 0 aromatic carbocycles. The molecule has 0 saturated carbocycles. The van der Waals surface area contributed by atoms with Gasteiger partial charge in [-0.05, 0) is 50.7 Å². The number of rotatable bonds is 6. The minimum Gasteiger partial charge on any atom is -0.478 e. The molecule has 0 aliphatic carbocycles. The number of ether oxygens (including phenoxy) is 2. The number of likely N-dealkylation sites (tertiary alicyclic amines) is 1. The van der Waals surface area contributed by atoms with Gasteiger partial charge in [0.2, 0.25) is 5.88 Å². The first-order valence-corrected chi connectivity index (χ1v) is 10.0. The molecule has 2 fully saturated rings. The van der Waals surface area contributed by atoms with Crippen LogP contribution in [0.3, 0.4) is 0 Å². The smallest absolute Gasteiger partial charge is 0.213 e. The number of piperidine rings is 1. The van der Waals surface area contributed by atoms with E-state index in [1.54, 1.807) is 6.20 Å². The molecule has 0 unspecified atom stereocenters. The van der Waals surface area contributed by atoms with Crippen LogP contribution in [0, 0.1) is 12.8 Å². The second-order valence-electron chi connectivity index (χ2n) is 7.88.